The van der Waals surface area contributed by atoms with Crippen LogP contribution >= 0.6 is 0 Å². The van der Waals surface area contributed by atoms with Gasteiger partial charge in [0.25, 0.3) is 0 Å². The lowest BCUT2D eigenvalue weighted by Gasteiger charge is -2.23. The molecule has 0 N–H and O–H groups in total. The standard InChI is InChI=1S/C15H28OSi/c1-4-17(5-2)16-12(3)6-8-14-10-13-7-9-15(14)11-13/h7,9,12-15,17H,4-6,8,10-11H2,1-3H3. The summed E-state index contributed by atoms with van der Waals surface area (Å²) in [6, 6.07) is 2.58. The third-order valence-electron chi connectivity index (χ3n) is 4.70. The maximum absolute atomic E-state index is 6.21. The van der Waals surface area contributed by atoms with Crippen molar-refractivity contribution in [1.29, 1.82) is 0 Å². The van der Waals surface area contributed by atoms with Gasteiger partial charge in [-0.1, -0.05) is 26.0 Å². The quantitative estimate of drug-likeness (QED) is 0.488. The van der Waals surface area contributed by atoms with E-state index in [0.717, 1.165) is 17.8 Å². The molecular formula is C15H28OSi. The molecule has 2 bridgehead atoms. The molecule has 0 radical (unpaired) electrons. The minimum Gasteiger partial charge on any atom is -0.417 e. The van der Waals surface area contributed by atoms with Crippen LogP contribution in [0.5, 0.6) is 0 Å². The van der Waals surface area contributed by atoms with Gasteiger partial charge in [-0.25, -0.2) is 0 Å². The Bertz CT molecular complexity index is 260. The third-order valence-corrected chi connectivity index (χ3v) is 7.37. The van der Waals surface area contributed by atoms with E-state index in [0.29, 0.717) is 6.10 Å². The van der Waals surface area contributed by atoms with Crippen molar-refractivity contribution in [2.24, 2.45) is 17.8 Å². The summed E-state index contributed by atoms with van der Waals surface area (Å²) in [6.45, 7) is 6.86. The van der Waals surface area contributed by atoms with Gasteiger partial charge in [0.05, 0.1) is 0 Å². The Hall–Kier alpha value is -0.0831. The van der Waals surface area contributed by atoms with Gasteiger partial charge < -0.3 is 4.43 Å². The highest BCUT2D eigenvalue weighted by Gasteiger charge is 2.35. The Balaban J connectivity index is 1.66. The molecule has 0 spiro atoms. The molecule has 17 heavy (non-hydrogen) atoms. The van der Waals surface area contributed by atoms with E-state index in [4.69, 9.17) is 4.43 Å². The van der Waals surface area contributed by atoms with Gasteiger partial charge in [-0.2, -0.15) is 0 Å². The lowest BCUT2D eigenvalue weighted by molar-refractivity contribution is 0.193. The molecule has 0 aromatic rings. The molecule has 0 aliphatic heterocycles. The topological polar surface area (TPSA) is 9.23 Å². The molecule has 0 aromatic heterocycles. The van der Waals surface area contributed by atoms with Crippen LogP contribution in [0.4, 0.5) is 0 Å². The molecule has 1 fully saturated rings. The van der Waals surface area contributed by atoms with Gasteiger partial charge in [-0.3, -0.25) is 0 Å². The summed E-state index contributed by atoms with van der Waals surface area (Å²) in [5, 5.41) is 0. The first kappa shape index (κ1) is 13.4. The predicted octanol–water partition coefficient (Wildman–Crippen LogP) is 4.15. The molecule has 2 aliphatic carbocycles. The van der Waals surface area contributed by atoms with Gasteiger partial charge >= 0.3 is 0 Å². The van der Waals surface area contributed by atoms with Gasteiger partial charge in [0, 0.05) is 6.10 Å². The second-order valence-electron chi connectivity index (χ2n) is 6.00. The highest BCUT2D eigenvalue weighted by molar-refractivity contribution is 6.51. The second kappa shape index (κ2) is 6.19. The highest BCUT2D eigenvalue weighted by atomic mass is 28.3. The Morgan fingerprint density at radius 2 is 2.00 bits per heavy atom. The normalized spacial score (nSPS) is 32.6. The van der Waals surface area contributed by atoms with Gasteiger partial charge in [-0.15, -0.1) is 0 Å². The summed E-state index contributed by atoms with van der Waals surface area (Å²) in [6.07, 6.45) is 11.0. The van der Waals surface area contributed by atoms with E-state index in [1.807, 2.05) is 0 Å². The molecule has 0 saturated heterocycles. The summed E-state index contributed by atoms with van der Waals surface area (Å²) in [7, 11) is -0.843. The zero-order valence-corrected chi connectivity index (χ0v) is 12.8. The van der Waals surface area contributed by atoms with E-state index < -0.39 is 9.04 Å². The molecule has 4 atom stereocenters. The van der Waals surface area contributed by atoms with E-state index in [1.54, 1.807) is 0 Å². The van der Waals surface area contributed by atoms with Crippen molar-refractivity contribution in [2.75, 3.05) is 0 Å². The van der Waals surface area contributed by atoms with Crippen LogP contribution < -0.4 is 0 Å². The van der Waals surface area contributed by atoms with Crippen molar-refractivity contribution in [3.05, 3.63) is 12.2 Å². The zero-order valence-electron chi connectivity index (χ0n) is 11.7. The maximum atomic E-state index is 6.21. The van der Waals surface area contributed by atoms with E-state index in [2.05, 4.69) is 32.9 Å². The van der Waals surface area contributed by atoms with Crippen molar-refractivity contribution in [3.63, 3.8) is 0 Å². The number of hydrogen-bond acceptors (Lipinski definition) is 1. The number of hydrogen-bond donors (Lipinski definition) is 0. The molecule has 0 amide bonds. The van der Waals surface area contributed by atoms with E-state index in [-0.39, 0.29) is 0 Å². The average molecular weight is 252 g/mol. The fourth-order valence-corrected chi connectivity index (χ4v) is 5.31. The van der Waals surface area contributed by atoms with Crippen LogP contribution in [-0.2, 0) is 4.43 Å². The fraction of sp³-hybridized carbons (Fsp3) is 0.867. The number of fused-ring (bicyclic) bond motifs is 2. The first-order chi connectivity index (χ1) is 8.22. The first-order valence-electron chi connectivity index (χ1n) is 7.56. The molecular weight excluding hydrogens is 224 g/mol. The van der Waals surface area contributed by atoms with E-state index in [9.17, 15) is 0 Å². The molecule has 1 nitrogen and oxygen atoms in total. The SMILES string of the molecule is CC[SiH](CC)OC(C)CCC1CC2C=CC1C2. The molecule has 0 heterocycles. The molecule has 2 rings (SSSR count). The summed E-state index contributed by atoms with van der Waals surface area (Å²) < 4.78 is 6.21. The van der Waals surface area contributed by atoms with Gasteiger partial charge in [0.2, 0.25) is 0 Å². The summed E-state index contributed by atoms with van der Waals surface area (Å²) in [4.78, 5) is 0. The maximum Gasteiger partial charge on any atom is 0.176 e. The summed E-state index contributed by atoms with van der Waals surface area (Å²) in [5.41, 5.74) is 0. The molecule has 0 aromatic carbocycles. The number of rotatable bonds is 7. The lowest BCUT2D eigenvalue weighted by Crippen LogP contribution is -2.23. The van der Waals surface area contributed by atoms with Crippen LogP contribution in [0.3, 0.4) is 0 Å². The molecule has 2 heteroatoms. The van der Waals surface area contributed by atoms with Gasteiger partial charge in [0.1, 0.15) is 0 Å². The Morgan fingerprint density at radius 3 is 2.53 bits per heavy atom. The molecule has 1 saturated carbocycles. The van der Waals surface area contributed by atoms with Gasteiger partial charge in [0.15, 0.2) is 9.04 Å². The van der Waals surface area contributed by atoms with Crippen LogP contribution in [0, 0.1) is 17.8 Å². The van der Waals surface area contributed by atoms with Crippen LogP contribution in [0.15, 0.2) is 12.2 Å². The minimum atomic E-state index is -0.843. The van der Waals surface area contributed by atoms with Crippen LogP contribution in [0.1, 0.15) is 46.5 Å². The smallest absolute Gasteiger partial charge is 0.176 e. The molecule has 4 unspecified atom stereocenters. The lowest BCUT2D eigenvalue weighted by atomic mass is 9.89. The van der Waals surface area contributed by atoms with E-state index in [1.165, 1.54) is 37.8 Å². The minimum absolute atomic E-state index is 0.509. The summed E-state index contributed by atoms with van der Waals surface area (Å²) in [5.74, 6) is 2.81. The van der Waals surface area contributed by atoms with Crippen LogP contribution in [0.2, 0.25) is 12.1 Å². The molecule has 2 aliphatic rings. The van der Waals surface area contributed by atoms with E-state index >= 15 is 0 Å². The summed E-state index contributed by atoms with van der Waals surface area (Å²) >= 11 is 0. The predicted molar refractivity (Wildman–Crippen MR) is 76.7 cm³/mol. The Morgan fingerprint density at radius 1 is 1.24 bits per heavy atom. The van der Waals surface area contributed by atoms with Crippen molar-refractivity contribution >= 4 is 9.04 Å². The fourth-order valence-electron chi connectivity index (χ4n) is 3.55. The monoisotopic (exact) mass is 252 g/mol. The Labute approximate surface area is 108 Å². The highest BCUT2D eigenvalue weighted by Crippen LogP contribution is 2.45. The average Bonchev–Trinajstić information content (AvgIpc) is 2.95. The zero-order chi connectivity index (χ0) is 12.3. The van der Waals surface area contributed by atoms with Crippen LogP contribution in [-0.4, -0.2) is 15.1 Å². The Kier molecular flexibility index (Phi) is 4.86. The number of allylic oxidation sites excluding steroid dienone is 2. The first-order valence-corrected chi connectivity index (χ1v) is 9.67. The van der Waals surface area contributed by atoms with Crippen molar-refractivity contribution in [1.82, 2.24) is 0 Å². The van der Waals surface area contributed by atoms with Crippen molar-refractivity contribution in [3.8, 4) is 0 Å². The second-order valence-corrected chi connectivity index (χ2v) is 9.15. The third kappa shape index (κ3) is 3.44. The van der Waals surface area contributed by atoms with Gasteiger partial charge in [-0.05, 0) is 62.4 Å². The van der Waals surface area contributed by atoms with Crippen molar-refractivity contribution in [2.45, 2.75) is 64.6 Å². The largest absolute Gasteiger partial charge is 0.417 e. The van der Waals surface area contributed by atoms with Crippen LogP contribution in [0.25, 0.3) is 0 Å². The molecule has 98 valence electrons. The van der Waals surface area contributed by atoms with Crippen molar-refractivity contribution < 1.29 is 4.43 Å².